The monoisotopic (exact) mass is 218 g/mol. The molecule has 1 fully saturated rings. The van der Waals surface area contributed by atoms with Crippen LogP contribution >= 0.6 is 0 Å². The molecule has 1 heterocycles. The third-order valence-corrected chi connectivity index (χ3v) is 3.52. The Labute approximate surface area is 96.6 Å². The number of benzene rings is 1. The maximum Gasteiger partial charge on any atom is 0.307 e. The van der Waals surface area contributed by atoms with Crippen molar-refractivity contribution in [3.63, 3.8) is 0 Å². The van der Waals surface area contributed by atoms with Gasteiger partial charge in [-0.05, 0) is 44.4 Å². The molecular weight excluding hydrogens is 200 g/mol. The van der Waals surface area contributed by atoms with Crippen molar-refractivity contribution in [3.05, 3.63) is 34.9 Å². The molecule has 2 heteroatoms. The van der Waals surface area contributed by atoms with Crippen molar-refractivity contribution in [2.45, 2.75) is 45.6 Å². The highest BCUT2D eigenvalue weighted by molar-refractivity contribution is 5.74. The standard InChI is InChI=1S/C14H18O2/c1-9-5-6-11(7-10(9)2)12-8-13(15)16-14(12,3)4/h5-7,12H,8H2,1-4H3. The first kappa shape index (κ1) is 11.2. The number of rotatable bonds is 1. The molecule has 1 aliphatic rings. The molecule has 86 valence electrons. The van der Waals surface area contributed by atoms with Gasteiger partial charge in [0.1, 0.15) is 5.60 Å². The molecular formula is C14H18O2. The lowest BCUT2D eigenvalue weighted by molar-refractivity contribution is -0.146. The number of hydrogen-bond donors (Lipinski definition) is 0. The zero-order valence-corrected chi connectivity index (χ0v) is 10.3. The van der Waals surface area contributed by atoms with Gasteiger partial charge in [-0.15, -0.1) is 0 Å². The van der Waals surface area contributed by atoms with Crippen LogP contribution in [0.5, 0.6) is 0 Å². The van der Waals surface area contributed by atoms with Crippen LogP contribution < -0.4 is 0 Å². The average Bonchev–Trinajstić information content (AvgIpc) is 2.44. The van der Waals surface area contributed by atoms with Crippen molar-refractivity contribution in [2.75, 3.05) is 0 Å². The van der Waals surface area contributed by atoms with Gasteiger partial charge in [0, 0.05) is 5.92 Å². The third-order valence-electron chi connectivity index (χ3n) is 3.52. The van der Waals surface area contributed by atoms with Gasteiger partial charge in [0.15, 0.2) is 0 Å². The van der Waals surface area contributed by atoms with Gasteiger partial charge in [0.2, 0.25) is 0 Å². The quantitative estimate of drug-likeness (QED) is 0.677. The highest BCUT2D eigenvalue weighted by Gasteiger charge is 2.42. The number of ether oxygens (including phenoxy) is 1. The Balaban J connectivity index is 2.37. The predicted octanol–water partition coefficient (Wildman–Crippen LogP) is 3.11. The summed E-state index contributed by atoms with van der Waals surface area (Å²) < 4.78 is 5.35. The molecule has 1 atom stereocenters. The van der Waals surface area contributed by atoms with E-state index in [1.807, 2.05) is 13.8 Å². The van der Waals surface area contributed by atoms with Gasteiger partial charge in [-0.25, -0.2) is 0 Å². The molecule has 2 nitrogen and oxygen atoms in total. The normalized spacial score (nSPS) is 23.2. The van der Waals surface area contributed by atoms with Crippen LogP contribution in [0.2, 0.25) is 0 Å². The van der Waals surface area contributed by atoms with Crippen LogP contribution in [0.3, 0.4) is 0 Å². The fraction of sp³-hybridized carbons (Fsp3) is 0.500. The molecule has 16 heavy (non-hydrogen) atoms. The van der Waals surface area contributed by atoms with Gasteiger partial charge in [-0.3, -0.25) is 4.79 Å². The summed E-state index contributed by atoms with van der Waals surface area (Å²) in [6.45, 7) is 8.17. The van der Waals surface area contributed by atoms with Crippen LogP contribution in [0.1, 0.15) is 42.9 Å². The van der Waals surface area contributed by atoms with Crippen LogP contribution in [0.25, 0.3) is 0 Å². The molecule has 0 bridgehead atoms. The molecule has 1 saturated heterocycles. The SMILES string of the molecule is Cc1ccc(C2CC(=O)OC2(C)C)cc1C. The minimum atomic E-state index is -0.376. The Morgan fingerprint density at radius 3 is 2.44 bits per heavy atom. The lowest BCUT2D eigenvalue weighted by Crippen LogP contribution is -2.25. The molecule has 0 aliphatic carbocycles. The van der Waals surface area contributed by atoms with Crippen LogP contribution in [-0.2, 0) is 9.53 Å². The summed E-state index contributed by atoms with van der Waals surface area (Å²) in [5.74, 6) is 0.0903. The Morgan fingerprint density at radius 2 is 1.94 bits per heavy atom. The fourth-order valence-electron chi connectivity index (χ4n) is 2.32. The van der Waals surface area contributed by atoms with E-state index >= 15 is 0 Å². The first-order valence-corrected chi connectivity index (χ1v) is 5.69. The maximum atomic E-state index is 11.4. The smallest absolute Gasteiger partial charge is 0.307 e. The van der Waals surface area contributed by atoms with Gasteiger partial charge in [0.05, 0.1) is 6.42 Å². The Kier molecular flexibility index (Phi) is 2.53. The minimum absolute atomic E-state index is 0.0896. The number of hydrogen-bond acceptors (Lipinski definition) is 2. The molecule has 0 amide bonds. The first-order chi connectivity index (χ1) is 7.40. The van der Waals surface area contributed by atoms with Crippen LogP contribution in [-0.4, -0.2) is 11.6 Å². The second-order valence-electron chi connectivity index (χ2n) is 5.18. The zero-order valence-electron chi connectivity index (χ0n) is 10.3. The van der Waals surface area contributed by atoms with Gasteiger partial charge in [-0.1, -0.05) is 18.2 Å². The van der Waals surface area contributed by atoms with E-state index < -0.39 is 0 Å². The molecule has 0 aromatic heterocycles. The molecule has 0 spiro atoms. The summed E-state index contributed by atoms with van der Waals surface area (Å²) in [4.78, 5) is 11.4. The topological polar surface area (TPSA) is 26.3 Å². The second-order valence-corrected chi connectivity index (χ2v) is 5.18. The van der Waals surface area contributed by atoms with E-state index in [4.69, 9.17) is 4.74 Å². The van der Waals surface area contributed by atoms with Crippen molar-refractivity contribution in [2.24, 2.45) is 0 Å². The lowest BCUT2D eigenvalue weighted by Gasteiger charge is -2.25. The average molecular weight is 218 g/mol. The van der Waals surface area contributed by atoms with Crippen molar-refractivity contribution < 1.29 is 9.53 Å². The molecule has 1 aliphatic heterocycles. The molecule has 0 radical (unpaired) electrons. The number of cyclic esters (lactones) is 1. The molecule has 1 aromatic rings. The van der Waals surface area contributed by atoms with E-state index in [0.29, 0.717) is 6.42 Å². The Morgan fingerprint density at radius 1 is 1.25 bits per heavy atom. The van der Waals surface area contributed by atoms with Crippen molar-refractivity contribution in [1.82, 2.24) is 0 Å². The molecule has 1 aromatic carbocycles. The van der Waals surface area contributed by atoms with Crippen LogP contribution in [0.15, 0.2) is 18.2 Å². The van der Waals surface area contributed by atoms with Gasteiger partial charge in [-0.2, -0.15) is 0 Å². The van der Waals surface area contributed by atoms with Crippen molar-refractivity contribution in [1.29, 1.82) is 0 Å². The Hall–Kier alpha value is -1.31. The molecule has 0 saturated carbocycles. The van der Waals surface area contributed by atoms with Gasteiger partial charge >= 0.3 is 5.97 Å². The van der Waals surface area contributed by atoms with Gasteiger partial charge in [0.25, 0.3) is 0 Å². The van der Waals surface area contributed by atoms with E-state index in [2.05, 4.69) is 32.0 Å². The van der Waals surface area contributed by atoms with Crippen molar-refractivity contribution >= 4 is 5.97 Å². The summed E-state index contributed by atoms with van der Waals surface area (Å²) in [5, 5.41) is 0. The highest BCUT2D eigenvalue weighted by Crippen LogP contribution is 2.40. The third kappa shape index (κ3) is 1.84. The van der Waals surface area contributed by atoms with E-state index in [0.717, 1.165) is 0 Å². The summed E-state index contributed by atoms with van der Waals surface area (Å²) in [7, 11) is 0. The maximum absolute atomic E-state index is 11.4. The van der Waals surface area contributed by atoms with E-state index in [-0.39, 0.29) is 17.5 Å². The predicted molar refractivity (Wildman–Crippen MR) is 63.4 cm³/mol. The number of carbonyl (C=O) groups is 1. The summed E-state index contributed by atoms with van der Waals surface area (Å²) in [6, 6.07) is 6.39. The largest absolute Gasteiger partial charge is 0.459 e. The number of esters is 1. The summed E-state index contributed by atoms with van der Waals surface area (Å²) in [5.41, 5.74) is 3.39. The number of aryl methyl sites for hydroxylation is 2. The first-order valence-electron chi connectivity index (χ1n) is 5.69. The lowest BCUT2D eigenvalue weighted by atomic mass is 9.83. The van der Waals surface area contributed by atoms with Gasteiger partial charge < -0.3 is 4.74 Å². The zero-order chi connectivity index (χ0) is 11.9. The molecule has 2 rings (SSSR count). The fourth-order valence-corrected chi connectivity index (χ4v) is 2.32. The van der Waals surface area contributed by atoms with E-state index in [1.165, 1.54) is 16.7 Å². The van der Waals surface area contributed by atoms with Crippen LogP contribution in [0, 0.1) is 13.8 Å². The second kappa shape index (κ2) is 3.62. The van der Waals surface area contributed by atoms with E-state index in [1.54, 1.807) is 0 Å². The highest BCUT2D eigenvalue weighted by atomic mass is 16.6. The minimum Gasteiger partial charge on any atom is -0.459 e. The Bertz CT molecular complexity index is 432. The molecule has 0 N–H and O–H groups in total. The van der Waals surface area contributed by atoms with Crippen molar-refractivity contribution in [3.8, 4) is 0 Å². The molecule has 1 unspecified atom stereocenters. The summed E-state index contributed by atoms with van der Waals surface area (Å²) >= 11 is 0. The van der Waals surface area contributed by atoms with E-state index in [9.17, 15) is 4.79 Å². The summed E-state index contributed by atoms with van der Waals surface area (Å²) in [6.07, 6.45) is 0.496. The van der Waals surface area contributed by atoms with Crippen LogP contribution in [0.4, 0.5) is 0 Å². The number of carbonyl (C=O) groups excluding carboxylic acids is 1.